The quantitative estimate of drug-likeness (QED) is 0.914. The second kappa shape index (κ2) is 5.74. The standard InChI is InChI=1S/C15H19BrN2O2/c16-12-1-3-13(4-2-12)17-6-5-14(9-17)18-8-11(10-19)7-15(18)20/h1-4,11,14,19H,5-10H2. The number of amides is 1. The zero-order valence-electron chi connectivity index (χ0n) is 11.3. The summed E-state index contributed by atoms with van der Waals surface area (Å²) in [6, 6.07) is 8.60. The lowest BCUT2D eigenvalue weighted by atomic mass is 10.1. The Labute approximate surface area is 127 Å². The molecule has 3 rings (SSSR count). The fourth-order valence-electron chi connectivity index (χ4n) is 3.17. The minimum absolute atomic E-state index is 0.116. The van der Waals surface area contributed by atoms with E-state index >= 15 is 0 Å². The van der Waals surface area contributed by atoms with Crippen molar-refractivity contribution in [2.24, 2.45) is 5.92 Å². The molecule has 0 aromatic heterocycles. The molecule has 2 heterocycles. The number of rotatable bonds is 3. The van der Waals surface area contributed by atoms with Crippen molar-refractivity contribution in [2.45, 2.75) is 18.9 Å². The molecular weight excluding hydrogens is 320 g/mol. The maximum absolute atomic E-state index is 12.0. The van der Waals surface area contributed by atoms with Crippen LogP contribution in [0, 0.1) is 5.92 Å². The van der Waals surface area contributed by atoms with Gasteiger partial charge in [0, 0.05) is 48.7 Å². The monoisotopic (exact) mass is 338 g/mol. The average Bonchev–Trinajstić information content (AvgIpc) is 3.06. The highest BCUT2D eigenvalue weighted by Gasteiger charge is 2.37. The highest BCUT2D eigenvalue weighted by Crippen LogP contribution is 2.28. The number of aliphatic hydroxyl groups is 1. The summed E-state index contributed by atoms with van der Waals surface area (Å²) in [6.07, 6.45) is 1.52. The van der Waals surface area contributed by atoms with E-state index in [1.165, 1.54) is 5.69 Å². The van der Waals surface area contributed by atoms with Crippen LogP contribution >= 0.6 is 15.9 Å². The fraction of sp³-hybridized carbons (Fsp3) is 0.533. The first-order valence-corrected chi connectivity index (χ1v) is 7.87. The van der Waals surface area contributed by atoms with Crippen LogP contribution in [-0.2, 0) is 4.79 Å². The predicted octanol–water partition coefficient (Wildman–Crippen LogP) is 1.87. The molecule has 2 saturated heterocycles. The molecule has 20 heavy (non-hydrogen) atoms. The molecule has 2 fully saturated rings. The Kier molecular flexibility index (Phi) is 3.98. The van der Waals surface area contributed by atoms with Crippen LogP contribution in [0.25, 0.3) is 0 Å². The van der Waals surface area contributed by atoms with Crippen LogP contribution in [0.3, 0.4) is 0 Å². The molecule has 1 aromatic rings. The van der Waals surface area contributed by atoms with E-state index in [1.54, 1.807) is 0 Å². The van der Waals surface area contributed by atoms with Crippen LogP contribution in [0.2, 0.25) is 0 Å². The summed E-state index contributed by atoms with van der Waals surface area (Å²) in [5.41, 5.74) is 1.21. The molecule has 0 saturated carbocycles. The summed E-state index contributed by atoms with van der Waals surface area (Å²) < 4.78 is 1.08. The third kappa shape index (κ3) is 2.69. The third-order valence-corrected chi connectivity index (χ3v) is 4.82. The summed E-state index contributed by atoms with van der Waals surface area (Å²) in [5, 5.41) is 9.21. The fourth-order valence-corrected chi connectivity index (χ4v) is 3.43. The molecule has 2 aliphatic rings. The Morgan fingerprint density at radius 3 is 2.65 bits per heavy atom. The van der Waals surface area contributed by atoms with Crippen molar-refractivity contribution in [1.29, 1.82) is 0 Å². The lowest BCUT2D eigenvalue weighted by Crippen LogP contribution is -2.38. The van der Waals surface area contributed by atoms with E-state index in [1.807, 2.05) is 17.0 Å². The van der Waals surface area contributed by atoms with Gasteiger partial charge in [0.2, 0.25) is 5.91 Å². The largest absolute Gasteiger partial charge is 0.396 e. The number of hydrogen-bond donors (Lipinski definition) is 1. The number of carbonyl (C=O) groups is 1. The van der Waals surface area contributed by atoms with Crippen LogP contribution in [0.4, 0.5) is 5.69 Å². The zero-order valence-corrected chi connectivity index (χ0v) is 12.9. The van der Waals surface area contributed by atoms with Crippen molar-refractivity contribution in [2.75, 3.05) is 31.1 Å². The number of halogens is 1. The van der Waals surface area contributed by atoms with Gasteiger partial charge in [-0.15, -0.1) is 0 Å². The molecule has 0 aliphatic carbocycles. The van der Waals surface area contributed by atoms with Crippen LogP contribution in [-0.4, -0.2) is 48.2 Å². The van der Waals surface area contributed by atoms with E-state index in [-0.39, 0.29) is 18.4 Å². The topological polar surface area (TPSA) is 43.8 Å². The van der Waals surface area contributed by atoms with Gasteiger partial charge in [-0.1, -0.05) is 15.9 Å². The second-order valence-corrected chi connectivity index (χ2v) is 6.58. The average molecular weight is 339 g/mol. The van der Waals surface area contributed by atoms with Crippen LogP contribution in [0.5, 0.6) is 0 Å². The van der Waals surface area contributed by atoms with Gasteiger partial charge in [-0.3, -0.25) is 4.79 Å². The summed E-state index contributed by atoms with van der Waals surface area (Å²) in [6.45, 7) is 2.71. The molecule has 0 spiro atoms. The van der Waals surface area contributed by atoms with Crippen LogP contribution in [0.1, 0.15) is 12.8 Å². The number of nitrogens with zero attached hydrogens (tertiary/aromatic N) is 2. The molecule has 4 nitrogen and oxygen atoms in total. The van der Waals surface area contributed by atoms with E-state index in [9.17, 15) is 9.90 Å². The highest BCUT2D eigenvalue weighted by molar-refractivity contribution is 9.10. The van der Waals surface area contributed by atoms with E-state index in [0.717, 1.165) is 24.0 Å². The smallest absolute Gasteiger partial charge is 0.223 e. The summed E-state index contributed by atoms with van der Waals surface area (Å²) in [4.78, 5) is 16.3. The van der Waals surface area contributed by atoms with Crippen LogP contribution in [0.15, 0.2) is 28.7 Å². The molecule has 1 aromatic carbocycles. The van der Waals surface area contributed by atoms with E-state index in [2.05, 4.69) is 33.0 Å². The number of anilines is 1. The number of likely N-dealkylation sites (tertiary alicyclic amines) is 1. The molecule has 2 aliphatic heterocycles. The Hall–Kier alpha value is -1.07. The molecular formula is C15H19BrN2O2. The summed E-state index contributed by atoms with van der Waals surface area (Å²) >= 11 is 3.45. The third-order valence-electron chi connectivity index (χ3n) is 4.29. The number of benzene rings is 1. The number of hydrogen-bond acceptors (Lipinski definition) is 3. The minimum atomic E-state index is 0.116. The van der Waals surface area contributed by atoms with Crippen molar-refractivity contribution in [3.05, 3.63) is 28.7 Å². The molecule has 0 bridgehead atoms. The van der Waals surface area contributed by atoms with Gasteiger partial charge in [0.1, 0.15) is 0 Å². The van der Waals surface area contributed by atoms with E-state index in [0.29, 0.717) is 19.0 Å². The van der Waals surface area contributed by atoms with Crippen molar-refractivity contribution in [1.82, 2.24) is 4.90 Å². The second-order valence-electron chi connectivity index (χ2n) is 5.66. The summed E-state index contributed by atoms with van der Waals surface area (Å²) in [7, 11) is 0. The Morgan fingerprint density at radius 2 is 2.00 bits per heavy atom. The predicted molar refractivity (Wildman–Crippen MR) is 81.7 cm³/mol. The minimum Gasteiger partial charge on any atom is -0.396 e. The molecule has 5 heteroatoms. The van der Waals surface area contributed by atoms with Crippen LogP contribution < -0.4 is 4.90 Å². The van der Waals surface area contributed by atoms with Gasteiger partial charge in [0.25, 0.3) is 0 Å². The number of aliphatic hydroxyl groups excluding tert-OH is 1. The van der Waals surface area contributed by atoms with Crippen molar-refractivity contribution in [3.63, 3.8) is 0 Å². The van der Waals surface area contributed by atoms with Gasteiger partial charge < -0.3 is 14.9 Å². The maximum Gasteiger partial charge on any atom is 0.223 e. The van der Waals surface area contributed by atoms with Gasteiger partial charge in [0.05, 0.1) is 6.04 Å². The molecule has 108 valence electrons. The molecule has 2 atom stereocenters. The lowest BCUT2D eigenvalue weighted by molar-refractivity contribution is -0.129. The highest BCUT2D eigenvalue weighted by atomic mass is 79.9. The van der Waals surface area contributed by atoms with Gasteiger partial charge in [-0.25, -0.2) is 0 Å². The van der Waals surface area contributed by atoms with Crippen molar-refractivity contribution < 1.29 is 9.90 Å². The molecule has 1 N–H and O–H groups in total. The zero-order chi connectivity index (χ0) is 14.1. The summed E-state index contributed by atoms with van der Waals surface area (Å²) in [5.74, 6) is 0.330. The van der Waals surface area contributed by atoms with Crippen molar-refractivity contribution in [3.8, 4) is 0 Å². The molecule has 2 unspecified atom stereocenters. The van der Waals surface area contributed by atoms with E-state index < -0.39 is 0 Å². The van der Waals surface area contributed by atoms with Gasteiger partial charge in [-0.2, -0.15) is 0 Å². The first-order valence-electron chi connectivity index (χ1n) is 7.08. The van der Waals surface area contributed by atoms with E-state index in [4.69, 9.17) is 0 Å². The molecule has 0 radical (unpaired) electrons. The van der Waals surface area contributed by atoms with Gasteiger partial charge >= 0.3 is 0 Å². The Balaban J connectivity index is 1.65. The van der Waals surface area contributed by atoms with Gasteiger partial charge in [-0.05, 0) is 30.7 Å². The first kappa shape index (κ1) is 13.9. The Morgan fingerprint density at radius 1 is 1.25 bits per heavy atom. The Bertz CT molecular complexity index is 491. The lowest BCUT2D eigenvalue weighted by Gasteiger charge is -2.25. The van der Waals surface area contributed by atoms with Crippen molar-refractivity contribution >= 4 is 27.5 Å². The normalized spacial score (nSPS) is 26.6. The van der Waals surface area contributed by atoms with Gasteiger partial charge in [0.15, 0.2) is 0 Å². The maximum atomic E-state index is 12.0. The first-order chi connectivity index (χ1) is 9.67. The molecule has 1 amide bonds. The number of carbonyl (C=O) groups excluding carboxylic acids is 1. The SMILES string of the molecule is O=C1CC(CO)CN1C1CCN(c2ccc(Br)cc2)C1.